The van der Waals surface area contributed by atoms with Crippen LogP contribution < -0.4 is 11.3 Å². The number of amides is 1. The van der Waals surface area contributed by atoms with E-state index in [1.165, 1.54) is 6.07 Å². The van der Waals surface area contributed by atoms with Gasteiger partial charge in [-0.1, -0.05) is 17.5 Å². The van der Waals surface area contributed by atoms with Crippen molar-refractivity contribution in [1.82, 2.24) is 9.55 Å². The number of hydrogen-bond donors (Lipinski definition) is 1. The summed E-state index contributed by atoms with van der Waals surface area (Å²) < 4.78 is 39.7. The molecule has 2 N–H and O–H groups in total. The van der Waals surface area contributed by atoms with Crippen LogP contribution in [0.25, 0.3) is 0 Å². The fraction of sp³-hybridized carbons (Fsp3) is 0.158. The van der Waals surface area contributed by atoms with E-state index in [0.29, 0.717) is 15.8 Å². The Labute approximate surface area is 186 Å². The van der Waals surface area contributed by atoms with Crippen molar-refractivity contribution in [2.75, 3.05) is 0 Å². The zero-order chi connectivity index (χ0) is 22.7. The number of Topliss-reactive ketones (excluding diaryl/α,β-unsaturated/α-hetero) is 1. The predicted octanol–water partition coefficient (Wildman–Crippen LogP) is 3.35. The first-order valence-corrected chi connectivity index (χ1v) is 10.5. The Morgan fingerprint density at radius 1 is 1.29 bits per heavy atom. The van der Waals surface area contributed by atoms with Gasteiger partial charge in [-0.25, -0.2) is 18.2 Å². The zero-order valence-electron chi connectivity index (χ0n) is 15.3. The van der Waals surface area contributed by atoms with E-state index in [2.05, 4.69) is 16.8 Å². The lowest BCUT2D eigenvalue weighted by atomic mass is 10.1. The number of nitrogens with two attached hydrogens (primary N) is 1. The number of hydrogen-bond acceptors (Lipinski definition) is 6. The third-order valence-electron chi connectivity index (χ3n) is 3.80. The number of pyridine rings is 1. The predicted molar refractivity (Wildman–Crippen MR) is 111 cm³/mol. The van der Waals surface area contributed by atoms with E-state index in [-0.39, 0.29) is 26.2 Å². The maximum Gasteiger partial charge on any atom is 0.286 e. The van der Waals surface area contributed by atoms with Gasteiger partial charge in [0.15, 0.2) is 16.6 Å². The van der Waals surface area contributed by atoms with Crippen molar-refractivity contribution in [2.24, 2.45) is 5.73 Å². The number of carbonyl (C=O) groups is 2. The summed E-state index contributed by atoms with van der Waals surface area (Å²) in [4.78, 5) is 39.4. The van der Waals surface area contributed by atoms with Gasteiger partial charge in [0.2, 0.25) is 0 Å². The number of halogens is 4. The van der Waals surface area contributed by atoms with Gasteiger partial charge >= 0.3 is 0 Å². The zero-order valence-corrected chi connectivity index (χ0v) is 17.7. The van der Waals surface area contributed by atoms with Crippen LogP contribution in [-0.4, -0.2) is 27.7 Å². The van der Waals surface area contributed by atoms with Crippen LogP contribution >= 0.6 is 34.3 Å². The smallest absolute Gasteiger partial charge is 0.286 e. The average molecular weight is 486 g/mol. The molecule has 0 atom stereocenters. The number of thiazole rings is 1. The number of ketones is 1. The summed E-state index contributed by atoms with van der Waals surface area (Å²) in [6.07, 6.45) is -2.14. The second-order valence-corrected chi connectivity index (χ2v) is 8.61. The molecular formula is C19H11ClF3N3O3S2. The molecule has 0 radical (unpaired) electrons. The molecule has 1 amide bonds. The van der Waals surface area contributed by atoms with Crippen molar-refractivity contribution in [3.8, 4) is 11.8 Å². The van der Waals surface area contributed by atoms with Crippen LogP contribution in [0.2, 0.25) is 4.34 Å². The van der Waals surface area contributed by atoms with E-state index in [9.17, 15) is 27.6 Å². The highest BCUT2D eigenvalue weighted by molar-refractivity contribution is 7.18. The molecule has 3 heterocycles. The molecule has 0 aliphatic carbocycles. The van der Waals surface area contributed by atoms with Gasteiger partial charge in [0.25, 0.3) is 17.9 Å². The average Bonchev–Trinajstić information content (AvgIpc) is 3.30. The molecule has 3 aromatic rings. The second-order valence-electron chi connectivity index (χ2n) is 6.10. The lowest BCUT2D eigenvalue weighted by molar-refractivity contribution is 0.0989. The van der Waals surface area contributed by atoms with Crippen molar-refractivity contribution < 1.29 is 22.8 Å². The third kappa shape index (κ3) is 5.61. The fourth-order valence-corrected chi connectivity index (χ4v) is 4.21. The van der Waals surface area contributed by atoms with Crippen LogP contribution in [0.4, 0.5) is 13.2 Å². The van der Waals surface area contributed by atoms with Crippen LogP contribution in [0, 0.1) is 17.7 Å². The van der Waals surface area contributed by atoms with Crippen molar-refractivity contribution >= 4 is 46.0 Å². The van der Waals surface area contributed by atoms with Gasteiger partial charge in [0, 0.05) is 18.0 Å². The molecule has 0 saturated carbocycles. The molecule has 0 bridgehead atoms. The Morgan fingerprint density at radius 3 is 2.68 bits per heavy atom. The summed E-state index contributed by atoms with van der Waals surface area (Å²) in [6.45, 7) is -0.976. The first-order valence-electron chi connectivity index (χ1n) is 8.41. The summed E-state index contributed by atoms with van der Waals surface area (Å²) in [7, 11) is 0. The van der Waals surface area contributed by atoms with Crippen molar-refractivity contribution in [3.63, 3.8) is 0 Å². The molecule has 0 unspecified atom stereocenters. The number of rotatable bonds is 6. The number of nitrogens with zero attached hydrogens (tertiary/aromatic N) is 2. The molecule has 0 aromatic carbocycles. The van der Waals surface area contributed by atoms with E-state index in [1.54, 1.807) is 5.38 Å². The lowest BCUT2D eigenvalue weighted by Gasteiger charge is -2.08. The standard InChI is InChI=1S/C19H11ClF3N3O3S2/c20-16-10(1-2-11-8-30-18(25-11)17(24)28)5-14(31-16)13(27)4-9-3-12(21)19(29)26(6-9)7-15(22)23/h3,5-6,8,15H,4,7H2,(H2,24,28). The molecule has 0 saturated heterocycles. The van der Waals surface area contributed by atoms with E-state index in [1.807, 2.05) is 0 Å². The quantitative estimate of drug-likeness (QED) is 0.428. The highest BCUT2D eigenvalue weighted by atomic mass is 35.5. The van der Waals surface area contributed by atoms with Gasteiger partial charge in [-0.15, -0.1) is 22.7 Å². The van der Waals surface area contributed by atoms with Gasteiger partial charge in [-0.05, 0) is 23.6 Å². The molecule has 31 heavy (non-hydrogen) atoms. The van der Waals surface area contributed by atoms with Crippen molar-refractivity contribution in [2.45, 2.75) is 19.4 Å². The summed E-state index contributed by atoms with van der Waals surface area (Å²) >= 11 is 8.11. The molecule has 3 aromatic heterocycles. The molecule has 12 heteroatoms. The molecule has 6 nitrogen and oxygen atoms in total. The second kappa shape index (κ2) is 9.47. The van der Waals surface area contributed by atoms with Crippen LogP contribution in [0.5, 0.6) is 0 Å². The monoisotopic (exact) mass is 485 g/mol. The minimum atomic E-state index is -2.85. The molecule has 0 spiro atoms. The van der Waals surface area contributed by atoms with E-state index < -0.39 is 36.0 Å². The van der Waals surface area contributed by atoms with Crippen LogP contribution in [-0.2, 0) is 13.0 Å². The molecule has 3 rings (SSSR count). The Bertz CT molecular complexity index is 1290. The minimum Gasteiger partial charge on any atom is -0.364 e. The maximum atomic E-state index is 13.8. The normalized spacial score (nSPS) is 10.7. The summed E-state index contributed by atoms with van der Waals surface area (Å²) in [6, 6.07) is 2.28. The van der Waals surface area contributed by atoms with Gasteiger partial charge in [0.05, 0.1) is 17.0 Å². The third-order valence-corrected chi connectivity index (χ3v) is 6.06. The van der Waals surface area contributed by atoms with E-state index >= 15 is 0 Å². The number of thiophene rings is 1. The lowest BCUT2D eigenvalue weighted by Crippen LogP contribution is -2.26. The van der Waals surface area contributed by atoms with Gasteiger partial charge < -0.3 is 10.3 Å². The Morgan fingerprint density at radius 2 is 2.03 bits per heavy atom. The fourth-order valence-electron chi connectivity index (χ4n) is 2.48. The van der Waals surface area contributed by atoms with E-state index in [0.717, 1.165) is 34.9 Å². The number of alkyl halides is 2. The number of carbonyl (C=O) groups excluding carboxylic acids is 2. The highest BCUT2D eigenvalue weighted by Crippen LogP contribution is 2.28. The molecule has 0 aliphatic rings. The Balaban J connectivity index is 1.80. The Kier molecular flexibility index (Phi) is 6.94. The summed E-state index contributed by atoms with van der Waals surface area (Å²) in [5.41, 5.74) is 4.67. The van der Waals surface area contributed by atoms with Crippen LogP contribution in [0.3, 0.4) is 0 Å². The largest absolute Gasteiger partial charge is 0.364 e. The van der Waals surface area contributed by atoms with Crippen molar-refractivity contribution in [3.05, 3.63) is 70.9 Å². The first kappa shape index (κ1) is 22.7. The first-order chi connectivity index (χ1) is 14.6. The van der Waals surface area contributed by atoms with Gasteiger partial charge in [-0.2, -0.15) is 0 Å². The summed E-state index contributed by atoms with van der Waals surface area (Å²) in [5.74, 6) is 3.11. The molecule has 0 aliphatic heterocycles. The topological polar surface area (TPSA) is 95.1 Å². The molecule has 0 fully saturated rings. The van der Waals surface area contributed by atoms with Crippen LogP contribution in [0.15, 0.2) is 28.5 Å². The number of aromatic nitrogens is 2. The summed E-state index contributed by atoms with van der Waals surface area (Å²) in [5, 5.41) is 1.65. The van der Waals surface area contributed by atoms with Crippen molar-refractivity contribution in [1.29, 1.82) is 0 Å². The maximum absolute atomic E-state index is 13.8. The molecular weight excluding hydrogens is 475 g/mol. The Hall–Kier alpha value is -2.94. The molecule has 160 valence electrons. The van der Waals surface area contributed by atoms with Crippen LogP contribution in [0.1, 0.15) is 36.3 Å². The highest BCUT2D eigenvalue weighted by Gasteiger charge is 2.16. The SMILES string of the molecule is NC(=O)c1nc(C#Cc2cc(C(=O)Cc3cc(F)c(=O)n(CC(F)F)c3)sc2Cl)cs1. The van der Waals surface area contributed by atoms with Gasteiger partial charge in [-0.3, -0.25) is 14.4 Å². The number of primary amides is 1. The van der Waals surface area contributed by atoms with E-state index in [4.69, 9.17) is 17.3 Å². The van der Waals surface area contributed by atoms with Gasteiger partial charge in [0.1, 0.15) is 10.0 Å². The minimum absolute atomic E-state index is 0.0707.